The normalized spacial score (nSPS) is 18.2. The second-order valence-electron chi connectivity index (χ2n) is 8.95. The summed E-state index contributed by atoms with van der Waals surface area (Å²) in [6.07, 6.45) is 6.66. The maximum Gasteiger partial charge on any atom is 0.306 e. The molecule has 0 saturated heterocycles. The molecule has 1 aliphatic rings. The predicted molar refractivity (Wildman–Crippen MR) is 100 cm³/mol. The van der Waals surface area contributed by atoms with E-state index in [0.29, 0.717) is 12.3 Å². The summed E-state index contributed by atoms with van der Waals surface area (Å²) in [4.78, 5) is 12.7. The average molecular weight is 331 g/mol. The molecule has 1 atom stereocenters. The molecule has 0 aromatic heterocycles. The highest BCUT2D eigenvalue weighted by molar-refractivity contribution is 5.71. The van der Waals surface area contributed by atoms with Crippen molar-refractivity contribution in [2.24, 2.45) is 11.3 Å². The quantitative estimate of drug-likeness (QED) is 0.609. The lowest BCUT2D eigenvalue weighted by Gasteiger charge is -2.37. The third kappa shape index (κ3) is 5.09. The standard InChI is InChI=1S/C22H34O2/c1-21(2,3)19(17-12-8-6-9-13-17)16-20(23)24-22(4,5)18-14-10-7-11-15-18/h6,8-9,12-13,18-19H,7,10-11,14-16H2,1-5H3. The smallest absolute Gasteiger partial charge is 0.306 e. The lowest BCUT2D eigenvalue weighted by atomic mass is 9.74. The number of esters is 1. The summed E-state index contributed by atoms with van der Waals surface area (Å²) >= 11 is 0. The van der Waals surface area contributed by atoms with Gasteiger partial charge in [-0.2, -0.15) is 0 Å². The van der Waals surface area contributed by atoms with E-state index in [2.05, 4.69) is 46.8 Å². The van der Waals surface area contributed by atoms with Gasteiger partial charge >= 0.3 is 5.97 Å². The van der Waals surface area contributed by atoms with Gasteiger partial charge in [0.25, 0.3) is 0 Å². The molecule has 1 aromatic rings. The number of hydrogen-bond acceptors (Lipinski definition) is 2. The highest BCUT2D eigenvalue weighted by Crippen LogP contribution is 2.39. The van der Waals surface area contributed by atoms with Gasteiger partial charge < -0.3 is 4.74 Å². The van der Waals surface area contributed by atoms with Crippen molar-refractivity contribution in [3.8, 4) is 0 Å². The van der Waals surface area contributed by atoms with E-state index in [-0.39, 0.29) is 22.9 Å². The summed E-state index contributed by atoms with van der Waals surface area (Å²) in [5.74, 6) is 0.614. The minimum Gasteiger partial charge on any atom is -0.459 e. The molecule has 0 amide bonds. The molecule has 1 aromatic carbocycles. The van der Waals surface area contributed by atoms with Crippen LogP contribution in [0.1, 0.15) is 84.6 Å². The van der Waals surface area contributed by atoms with Crippen molar-refractivity contribution in [2.75, 3.05) is 0 Å². The molecule has 134 valence electrons. The summed E-state index contributed by atoms with van der Waals surface area (Å²) in [5.41, 5.74) is 0.892. The zero-order valence-electron chi connectivity index (χ0n) is 16.1. The van der Waals surface area contributed by atoms with Crippen LogP contribution in [-0.4, -0.2) is 11.6 Å². The lowest BCUT2D eigenvalue weighted by molar-refractivity contribution is -0.164. The van der Waals surface area contributed by atoms with Crippen LogP contribution in [0.15, 0.2) is 30.3 Å². The van der Waals surface area contributed by atoms with Crippen LogP contribution in [-0.2, 0) is 9.53 Å². The van der Waals surface area contributed by atoms with E-state index in [0.717, 1.165) is 0 Å². The van der Waals surface area contributed by atoms with Crippen molar-refractivity contribution < 1.29 is 9.53 Å². The van der Waals surface area contributed by atoms with Crippen LogP contribution in [0.3, 0.4) is 0 Å². The Hall–Kier alpha value is -1.31. The molecule has 1 saturated carbocycles. The van der Waals surface area contributed by atoms with Gasteiger partial charge in [-0.1, -0.05) is 70.4 Å². The molecule has 1 fully saturated rings. The van der Waals surface area contributed by atoms with Crippen molar-refractivity contribution in [2.45, 2.75) is 84.7 Å². The van der Waals surface area contributed by atoms with Crippen molar-refractivity contribution in [1.82, 2.24) is 0 Å². The van der Waals surface area contributed by atoms with Crippen molar-refractivity contribution in [1.29, 1.82) is 0 Å². The Labute approximate surface area is 148 Å². The number of benzene rings is 1. The van der Waals surface area contributed by atoms with Gasteiger partial charge in [0.1, 0.15) is 5.60 Å². The molecule has 0 N–H and O–H groups in total. The first-order valence-corrected chi connectivity index (χ1v) is 9.47. The van der Waals surface area contributed by atoms with Gasteiger partial charge in [-0.15, -0.1) is 0 Å². The Morgan fingerprint density at radius 1 is 1.04 bits per heavy atom. The first-order valence-electron chi connectivity index (χ1n) is 9.47. The Balaban J connectivity index is 2.05. The molecular formula is C22H34O2. The molecule has 2 nitrogen and oxygen atoms in total. The second kappa shape index (κ2) is 7.72. The van der Waals surface area contributed by atoms with Crippen molar-refractivity contribution in [3.05, 3.63) is 35.9 Å². The highest BCUT2D eigenvalue weighted by Gasteiger charge is 2.36. The summed E-state index contributed by atoms with van der Waals surface area (Å²) in [5, 5.41) is 0. The number of ether oxygens (including phenoxy) is 1. The van der Waals surface area contributed by atoms with Gasteiger partial charge in [-0.05, 0) is 49.5 Å². The van der Waals surface area contributed by atoms with Crippen LogP contribution in [0.2, 0.25) is 0 Å². The van der Waals surface area contributed by atoms with Crippen molar-refractivity contribution in [3.63, 3.8) is 0 Å². The number of carbonyl (C=O) groups is 1. The topological polar surface area (TPSA) is 26.3 Å². The van der Waals surface area contributed by atoms with E-state index in [9.17, 15) is 4.79 Å². The van der Waals surface area contributed by atoms with Crippen LogP contribution >= 0.6 is 0 Å². The molecule has 0 radical (unpaired) electrons. The van der Waals surface area contributed by atoms with Crippen LogP contribution in [0.5, 0.6) is 0 Å². The zero-order valence-corrected chi connectivity index (χ0v) is 16.1. The third-order valence-electron chi connectivity index (χ3n) is 5.58. The maximum atomic E-state index is 12.7. The van der Waals surface area contributed by atoms with Crippen LogP contribution in [0.4, 0.5) is 0 Å². The van der Waals surface area contributed by atoms with E-state index in [1.54, 1.807) is 0 Å². The monoisotopic (exact) mass is 330 g/mol. The van der Waals surface area contributed by atoms with Gasteiger partial charge in [0.15, 0.2) is 0 Å². The Morgan fingerprint density at radius 2 is 1.62 bits per heavy atom. The van der Waals surface area contributed by atoms with Gasteiger partial charge in [-0.25, -0.2) is 0 Å². The van der Waals surface area contributed by atoms with Crippen LogP contribution in [0.25, 0.3) is 0 Å². The predicted octanol–water partition coefficient (Wildman–Crippen LogP) is 6.11. The average Bonchev–Trinajstić information content (AvgIpc) is 2.53. The molecule has 1 unspecified atom stereocenters. The first kappa shape index (κ1) is 19.0. The van der Waals surface area contributed by atoms with Gasteiger partial charge in [0, 0.05) is 0 Å². The van der Waals surface area contributed by atoms with Crippen LogP contribution in [0, 0.1) is 11.3 Å². The molecular weight excluding hydrogens is 296 g/mol. The zero-order chi connectivity index (χ0) is 17.8. The minimum atomic E-state index is -0.351. The van der Waals surface area contributed by atoms with Gasteiger partial charge in [0.05, 0.1) is 6.42 Å². The molecule has 0 spiro atoms. The SMILES string of the molecule is CC(C)(C)C(CC(=O)OC(C)(C)C1CCCCC1)c1ccccc1. The molecule has 0 aliphatic heterocycles. The molecule has 24 heavy (non-hydrogen) atoms. The fraction of sp³-hybridized carbons (Fsp3) is 0.682. The van der Waals surface area contributed by atoms with E-state index in [4.69, 9.17) is 4.74 Å². The Morgan fingerprint density at radius 3 is 2.17 bits per heavy atom. The van der Waals surface area contributed by atoms with E-state index >= 15 is 0 Å². The molecule has 0 bridgehead atoms. The van der Waals surface area contributed by atoms with E-state index < -0.39 is 0 Å². The van der Waals surface area contributed by atoms with Gasteiger partial charge in [-0.3, -0.25) is 4.79 Å². The fourth-order valence-corrected chi connectivity index (χ4v) is 3.99. The van der Waals surface area contributed by atoms with Crippen LogP contribution < -0.4 is 0 Å². The largest absolute Gasteiger partial charge is 0.459 e. The highest BCUT2D eigenvalue weighted by atomic mass is 16.6. The molecule has 2 heteroatoms. The fourth-order valence-electron chi connectivity index (χ4n) is 3.99. The summed E-state index contributed by atoms with van der Waals surface area (Å²) in [7, 11) is 0. The number of carbonyl (C=O) groups excluding carboxylic acids is 1. The minimum absolute atomic E-state index is 0.0232. The maximum absolute atomic E-state index is 12.7. The molecule has 2 rings (SSSR count). The Bertz CT molecular complexity index is 519. The summed E-state index contributed by atoms with van der Waals surface area (Å²) in [6, 6.07) is 10.4. The number of rotatable bonds is 5. The number of hydrogen-bond donors (Lipinski definition) is 0. The first-order chi connectivity index (χ1) is 11.2. The third-order valence-corrected chi connectivity index (χ3v) is 5.58. The van der Waals surface area contributed by atoms with E-state index in [1.165, 1.54) is 37.7 Å². The molecule has 0 heterocycles. The second-order valence-corrected chi connectivity index (χ2v) is 8.95. The summed E-state index contributed by atoms with van der Waals surface area (Å²) in [6.45, 7) is 10.8. The van der Waals surface area contributed by atoms with Crippen molar-refractivity contribution >= 4 is 5.97 Å². The Kier molecular flexibility index (Phi) is 6.11. The van der Waals surface area contributed by atoms with Gasteiger partial charge in [0.2, 0.25) is 0 Å². The van der Waals surface area contributed by atoms with E-state index in [1.807, 2.05) is 18.2 Å². The lowest BCUT2D eigenvalue weighted by Crippen LogP contribution is -2.38. The summed E-state index contributed by atoms with van der Waals surface area (Å²) < 4.78 is 5.99. The molecule has 1 aliphatic carbocycles.